The van der Waals surface area contributed by atoms with Crippen LogP contribution in [-0.4, -0.2) is 35.1 Å². The first-order valence-corrected chi connectivity index (χ1v) is 5.31. The molecular formula is C10H16N4O. The van der Waals surface area contributed by atoms with Crippen molar-refractivity contribution in [2.75, 3.05) is 19.0 Å². The van der Waals surface area contributed by atoms with Crippen LogP contribution in [0.4, 0.5) is 5.95 Å². The highest BCUT2D eigenvalue weighted by Gasteiger charge is 2.24. The van der Waals surface area contributed by atoms with Gasteiger partial charge in [0, 0.05) is 20.1 Å². The van der Waals surface area contributed by atoms with Crippen LogP contribution < -0.4 is 4.90 Å². The number of carbonyl (C=O) groups is 1. The van der Waals surface area contributed by atoms with Crippen molar-refractivity contribution in [1.82, 2.24) is 14.8 Å². The molecule has 1 aliphatic rings. The normalized spacial score (nSPS) is 16.9. The molecule has 82 valence electrons. The maximum Gasteiger partial charge on any atom is 0.227 e. The molecule has 2 rings (SSSR count). The van der Waals surface area contributed by atoms with Crippen LogP contribution in [0.25, 0.3) is 0 Å². The quantitative estimate of drug-likeness (QED) is 0.702. The molecule has 1 aliphatic carbocycles. The van der Waals surface area contributed by atoms with Crippen molar-refractivity contribution in [3.8, 4) is 0 Å². The van der Waals surface area contributed by atoms with Crippen molar-refractivity contribution < 1.29 is 4.79 Å². The minimum Gasteiger partial charge on any atom is -0.347 e. The van der Waals surface area contributed by atoms with E-state index < -0.39 is 0 Å². The van der Waals surface area contributed by atoms with Gasteiger partial charge in [0.1, 0.15) is 0 Å². The molecule has 0 aliphatic heterocycles. The van der Waals surface area contributed by atoms with Gasteiger partial charge in [-0.2, -0.15) is 0 Å². The molecule has 5 nitrogen and oxygen atoms in total. The Kier molecular flexibility index (Phi) is 2.70. The summed E-state index contributed by atoms with van der Waals surface area (Å²) in [5, 5.41) is 7.94. The van der Waals surface area contributed by atoms with Crippen LogP contribution in [0.1, 0.15) is 42.3 Å². The zero-order chi connectivity index (χ0) is 10.8. The molecule has 0 aromatic carbocycles. The van der Waals surface area contributed by atoms with E-state index in [-0.39, 0.29) is 0 Å². The topological polar surface area (TPSA) is 51.0 Å². The third kappa shape index (κ3) is 1.73. The lowest BCUT2D eigenvalue weighted by Gasteiger charge is -2.18. The summed E-state index contributed by atoms with van der Waals surface area (Å²) in [6.07, 6.45) is 5.50. The predicted octanol–water partition coefficient (Wildman–Crippen LogP) is 1.27. The van der Waals surface area contributed by atoms with Crippen molar-refractivity contribution >= 4 is 12.2 Å². The Balaban J connectivity index is 2.39. The van der Waals surface area contributed by atoms with Gasteiger partial charge in [0.2, 0.25) is 5.95 Å². The first-order chi connectivity index (χ1) is 7.24. The van der Waals surface area contributed by atoms with Gasteiger partial charge in [0.15, 0.2) is 12.1 Å². The van der Waals surface area contributed by atoms with Crippen LogP contribution in [0.5, 0.6) is 0 Å². The summed E-state index contributed by atoms with van der Waals surface area (Å²) in [7, 11) is 3.84. The summed E-state index contributed by atoms with van der Waals surface area (Å²) in [6, 6.07) is 0.401. The highest BCUT2D eigenvalue weighted by atomic mass is 16.1. The lowest BCUT2D eigenvalue weighted by Crippen LogP contribution is -2.19. The number of rotatable bonds is 3. The summed E-state index contributed by atoms with van der Waals surface area (Å²) in [4.78, 5) is 12.8. The fourth-order valence-corrected chi connectivity index (χ4v) is 2.19. The molecule has 0 spiro atoms. The number of aromatic nitrogens is 3. The first-order valence-electron chi connectivity index (χ1n) is 5.31. The van der Waals surface area contributed by atoms with Crippen LogP contribution in [0.15, 0.2) is 0 Å². The summed E-state index contributed by atoms with van der Waals surface area (Å²) in [6.45, 7) is 0. The standard InChI is InChI=1S/C10H16N4O/c1-13(2)10-12-11-9(7-15)14(10)8-5-3-4-6-8/h7-8H,3-6H2,1-2H3. The monoisotopic (exact) mass is 208 g/mol. The zero-order valence-corrected chi connectivity index (χ0v) is 9.18. The maximum atomic E-state index is 10.9. The molecule has 1 fully saturated rings. The Labute approximate surface area is 89.1 Å². The summed E-state index contributed by atoms with van der Waals surface area (Å²) in [5.74, 6) is 1.23. The van der Waals surface area contributed by atoms with Crippen LogP contribution >= 0.6 is 0 Å². The maximum absolute atomic E-state index is 10.9. The lowest BCUT2D eigenvalue weighted by atomic mass is 10.2. The molecule has 1 saturated carbocycles. The van der Waals surface area contributed by atoms with E-state index in [0.717, 1.165) is 25.1 Å². The molecule has 0 N–H and O–H groups in total. The first kappa shape index (κ1) is 10.1. The summed E-state index contributed by atoms with van der Waals surface area (Å²) >= 11 is 0. The van der Waals surface area contributed by atoms with E-state index in [1.54, 1.807) is 0 Å². The second kappa shape index (κ2) is 4.00. The highest BCUT2D eigenvalue weighted by molar-refractivity contribution is 5.70. The Morgan fingerprint density at radius 3 is 2.53 bits per heavy atom. The van der Waals surface area contributed by atoms with E-state index >= 15 is 0 Å². The highest BCUT2D eigenvalue weighted by Crippen LogP contribution is 2.32. The number of carbonyl (C=O) groups excluding carboxylic acids is 1. The van der Waals surface area contributed by atoms with Crippen LogP contribution in [0, 0.1) is 0 Å². The van der Waals surface area contributed by atoms with Gasteiger partial charge in [0.05, 0.1) is 0 Å². The molecule has 1 aromatic heterocycles. The Morgan fingerprint density at radius 2 is 2.00 bits per heavy atom. The summed E-state index contributed by atoms with van der Waals surface area (Å²) in [5.41, 5.74) is 0. The van der Waals surface area contributed by atoms with Crippen molar-refractivity contribution in [1.29, 1.82) is 0 Å². The number of nitrogens with zero attached hydrogens (tertiary/aromatic N) is 4. The molecular weight excluding hydrogens is 192 g/mol. The van der Waals surface area contributed by atoms with Crippen molar-refractivity contribution in [3.63, 3.8) is 0 Å². The minimum absolute atomic E-state index is 0.401. The molecule has 0 atom stereocenters. The SMILES string of the molecule is CN(C)c1nnc(C=O)n1C1CCCC1. The van der Waals surface area contributed by atoms with E-state index in [1.165, 1.54) is 12.8 Å². The fraction of sp³-hybridized carbons (Fsp3) is 0.700. The number of hydrogen-bond acceptors (Lipinski definition) is 4. The van der Waals surface area contributed by atoms with Gasteiger partial charge in [-0.3, -0.25) is 9.36 Å². The Morgan fingerprint density at radius 1 is 1.33 bits per heavy atom. The van der Waals surface area contributed by atoms with Gasteiger partial charge in [-0.1, -0.05) is 12.8 Å². The third-order valence-corrected chi connectivity index (χ3v) is 2.90. The van der Waals surface area contributed by atoms with Gasteiger partial charge in [-0.15, -0.1) is 10.2 Å². The molecule has 0 unspecified atom stereocenters. The third-order valence-electron chi connectivity index (χ3n) is 2.90. The predicted molar refractivity (Wildman–Crippen MR) is 57.2 cm³/mol. The minimum atomic E-state index is 0.401. The molecule has 15 heavy (non-hydrogen) atoms. The van der Waals surface area contributed by atoms with Crippen LogP contribution in [0.2, 0.25) is 0 Å². The second-order valence-electron chi connectivity index (χ2n) is 4.18. The van der Waals surface area contributed by atoms with E-state index in [1.807, 2.05) is 23.6 Å². The van der Waals surface area contributed by atoms with Gasteiger partial charge in [-0.25, -0.2) is 0 Å². The van der Waals surface area contributed by atoms with Crippen molar-refractivity contribution in [2.45, 2.75) is 31.7 Å². The molecule has 5 heteroatoms. The van der Waals surface area contributed by atoms with Crippen molar-refractivity contribution in [2.24, 2.45) is 0 Å². The largest absolute Gasteiger partial charge is 0.347 e. The fourth-order valence-electron chi connectivity index (χ4n) is 2.19. The van der Waals surface area contributed by atoms with Crippen molar-refractivity contribution in [3.05, 3.63) is 5.82 Å². The molecule has 0 amide bonds. The zero-order valence-electron chi connectivity index (χ0n) is 9.18. The Hall–Kier alpha value is -1.39. The van der Waals surface area contributed by atoms with E-state index in [4.69, 9.17) is 0 Å². The van der Waals surface area contributed by atoms with Crippen LogP contribution in [0.3, 0.4) is 0 Å². The van der Waals surface area contributed by atoms with Gasteiger partial charge < -0.3 is 4.90 Å². The molecule has 0 saturated heterocycles. The van der Waals surface area contributed by atoms with E-state index in [2.05, 4.69) is 10.2 Å². The molecule has 1 heterocycles. The molecule has 1 aromatic rings. The van der Waals surface area contributed by atoms with Gasteiger partial charge in [-0.05, 0) is 12.8 Å². The van der Waals surface area contributed by atoms with E-state index in [9.17, 15) is 4.79 Å². The van der Waals surface area contributed by atoms with Gasteiger partial charge >= 0.3 is 0 Å². The smallest absolute Gasteiger partial charge is 0.227 e. The second-order valence-corrected chi connectivity index (χ2v) is 4.18. The average molecular weight is 208 g/mol. The van der Waals surface area contributed by atoms with E-state index in [0.29, 0.717) is 11.9 Å². The Bertz CT molecular complexity index is 352. The number of hydrogen-bond donors (Lipinski definition) is 0. The molecule has 0 bridgehead atoms. The number of anilines is 1. The summed E-state index contributed by atoms with van der Waals surface area (Å²) < 4.78 is 1.97. The lowest BCUT2D eigenvalue weighted by molar-refractivity contribution is 0.110. The number of aldehydes is 1. The average Bonchev–Trinajstić information content (AvgIpc) is 2.85. The molecule has 0 radical (unpaired) electrons. The van der Waals surface area contributed by atoms with Gasteiger partial charge in [0.25, 0.3) is 0 Å². The van der Waals surface area contributed by atoms with Crippen LogP contribution in [-0.2, 0) is 0 Å².